The van der Waals surface area contributed by atoms with E-state index in [1.807, 2.05) is 4.90 Å². The van der Waals surface area contributed by atoms with Crippen LogP contribution < -0.4 is 10.2 Å². The van der Waals surface area contributed by atoms with E-state index in [0.29, 0.717) is 37.5 Å². The van der Waals surface area contributed by atoms with Crippen LogP contribution in [0.15, 0.2) is 30.5 Å². The number of ether oxygens (including phenoxy) is 1. The predicted octanol–water partition coefficient (Wildman–Crippen LogP) is 6.80. The summed E-state index contributed by atoms with van der Waals surface area (Å²) >= 11 is 5.91. The molecule has 0 aromatic carbocycles. The number of hydrogen-bond acceptors (Lipinski definition) is 6. The molecule has 2 aromatic heterocycles. The van der Waals surface area contributed by atoms with Crippen LogP contribution in [0.4, 0.5) is 29.5 Å². The van der Waals surface area contributed by atoms with Gasteiger partial charge in [0.25, 0.3) is 11.8 Å². The van der Waals surface area contributed by atoms with Gasteiger partial charge in [-0.05, 0) is 58.1 Å². The number of likely N-dealkylation sites (tertiary alicyclic amines) is 1. The number of hydrogen-bond donors (Lipinski definition) is 1. The number of alkyl halides is 2. The third kappa shape index (κ3) is 8.47. The third-order valence-electron chi connectivity index (χ3n) is 7.58. The smallest absolute Gasteiger partial charge is 0.410 e. The first-order valence-electron chi connectivity index (χ1n) is 14.0. The lowest BCUT2D eigenvalue weighted by molar-refractivity contribution is -0.108. The number of amides is 2. The highest BCUT2D eigenvalue weighted by Crippen LogP contribution is 2.38. The Kier molecular flexibility index (Phi) is 9.66. The molecule has 0 bridgehead atoms. The molecule has 0 radical (unpaired) electrons. The van der Waals surface area contributed by atoms with Crippen LogP contribution in [-0.4, -0.2) is 64.6 Å². The van der Waals surface area contributed by atoms with E-state index < -0.39 is 35.4 Å². The van der Waals surface area contributed by atoms with Gasteiger partial charge in [-0.25, -0.2) is 23.5 Å². The van der Waals surface area contributed by atoms with E-state index in [1.54, 1.807) is 39.0 Å². The van der Waals surface area contributed by atoms with Gasteiger partial charge in [0, 0.05) is 50.8 Å². The van der Waals surface area contributed by atoms with Gasteiger partial charge in [0.2, 0.25) is 5.95 Å². The van der Waals surface area contributed by atoms with E-state index in [1.165, 1.54) is 17.2 Å². The summed E-state index contributed by atoms with van der Waals surface area (Å²) < 4.78 is 48.8. The second kappa shape index (κ2) is 12.8. The molecule has 2 aliphatic heterocycles. The number of nitrogens with zero attached hydrogens (tertiary/aromatic N) is 4. The van der Waals surface area contributed by atoms with Gasteiger partial charge in [-0.1, -0.05) is 30.5 Å². The van der Waals surface area contributed by atoms with Gasteiger partial charge in [0.15, 0.2) is 0 Å². The lowest BCUT2D eigenvalue weighted by Gasteiger charge is -2.39. The minimum Gasteiger partial charge on any atom is -0.444 e. The van der Waals surface area contributed by atoms with Crippen LogP contribution in [0.25, 0.3) is 0 Å². The van der Waals surface area contributed by atoms with Gasteiger partial charge >= 0.3 is 6.09 Å². The van der Waals surface area contributed by atoms with Crippen LogP contribution >= 0.6 is 11.6 Å². The number of pyridine rings is 2. The quantitative estimate of drug-likeness (QED) is 0.354. The standard InChI is InChI=1S/C29H37ClF3N5O3/c1-28(2,3)41-27(40)38-15-12-29(32,33)20(18-38)7-4-6-19-10-13-37(14-11-19)22-16-24(31)34-17-21(22)26(39)36-25-9-5-8-23(30)35-25/h5,8-9,16-17,19-20H,4,6-7,10-15,18H2,1-3H3,(H,35,36,39). The summed E-state index contributed by atoms with van der Waals surface area (Å²) in [5, 5.41) is 2.91. The average Bonchev–Trinajstić information content (AvgIpc) is 2.89. The number of piperidine rings is 2. The van der Waals surface area contributed by atoms with Crippen molar-refractivity contribution >= 4 is 35.1 Å². The van der Waals surface area contributed by atoms with Crippen LogP contribution in [0, 0.1) is 17.8 Å². The van der Waals surface area contributed by atoms with E-state index in [9.17, 15) is 22.8 Å². The fraction of sp³-hybridized carbons (Fsp3) is 0.586. The molecule has 8 nitrogen and oxygen atoms in total. The lowest BCUT2D eigenvalue weighted by atomic mass is 9.85. The minimum atomic E-state index is -2.81. The Morgan fingerprint density at radius 2 is 1.90 bits per heavy atom. The van der Waals surface area contributed by atoms with Crippen LogP contribution in [0.2, 0.25) is 5.15 Å². The summed E-state index contributed by atoms with van der Waals surface area (Å²) in [6, 6.07) is 6.10. The Hall–Kier alpha value is -3.08. The van der Waals surface area contributed by atoms with E-state index >= 15 is 0 Å². The average molecular weight is 596 g/mol. The van der Waals surface area contributed by atoms with Gasteiger partial charge in [-0.3, -0.25) is 4.79 Å². The SMILES string of the molecule is CC(C)(C)OC(=O)N1CCC(F)(F)C(CCCC2CCN(c3cc(F)ncc3C(=O)Nc3cccc(Cl)n3)CC2)C1. The number of nitrogens with one attached hydrogen (secondary N) is 1. The highest BCUT2D eigenvalue weighted by Gasteiger charge is 2.45. The van der Waals surface area contributed by atoms with Crippen molar-refractivity contribution in [3.63, 3.8) is 0 Å². The summed E-state index contributed by atoms with van der Waals surface area (Å²) in [5.41, 5.74) is -0.0123. The van der Waals surface area contributed by atoms with Crippen LogP contribution in [0.3, 0.4) is 0 Å². The molecule has 0 saturated carbocycles. The molecule has 0 spiro atoms. The summed E-state index contributed by atoms with van der Waals surface area (Å²) in [6.45, 7) is 6.43. The number of carbonyl (C=O) groups excluding carboxylic acids is 2. The van der Waals surface area contributed by atoms with Gasteiger partial charge in [-0.2, -0.15) is 4.39 Å². The van der Waals surface area contributed by atoms with E-state index in [4.69, 9.17) is 16.3 Å². The van der Waals surface area contributed by atoms with Crippen molar-refractivity contribution in [1.29, 1.82) is 0 Å². The number of anilines is 2. The second-order valence-electron chi connectivity index (χ2n) is 11.8. The molecule has 2 amide bonds. The van der Waals surface area contributed by atoms with Gasteiger partial charge in [-0.15, -0.1) is 0 Å². The fourth-order valence-corrected chi connectivity index (χ4v) is 5.57. The van der Waals surface area contributed by atoms with Crippen molar-refractivity contribution in [2.24, 2.45) is 11.8 Å². The molecule has 4 rings (SSSR count). The molecule has 1 N–H and O–H groups in total. The number of aromatic nitrogens is 2. The van der Waals surface area contributed by atoms with Gasteiger partial charge in [0.1, 0.15) is 16.6 Å². The first kappa shape index (κ1) is 30.9. The summed E-state index contributed by atoms with van der Waals surface area (Å²) in [6.07, 6.45) is 3.60. The Morgan fingerprint density at radius 1 is 1.17 bits per heavy atom. The van der Waals surface area contributed by atoms with E-state index in [-0.39, 0.29) is 36.0 Å². The maximum absolute atomic E-state index is 14.7. The molecule has 2 aliphatic rings. The molecule has 4 heterocycles. The molecule has 1 atom stereocenters. The Bertz CT molecular complexity index is 1230. The Morgan fingerprint density at radius 3 is 2.59 bits per heavy atom. The molecule has 12 heteroatoms. The largest absolute Gasteiger partial charge is 0.444 e. The van der Waals surface area contributed by atoms with Crippen LogP contribution in [0.5, 0.6) is 0 Å². The summed E-state index contributed by atoms with van der Waals surface area (Å²) in [4.78, 5) is 36.5. The Labute approximate surface area is 243 Å². The topological polar surface area (TPSA) is 87.7 Å². The number of rotatable bonds is 7. The molecule has 0 aliphatic carbocycles. The summed E-state index contributed by atoms with van der Waals surface area (Å²) in [5.74, 6) is -4.28. The van der Waals surface area contributed by atoms with Crippen molar-refractivity contribution in [3.05, 3.63) is 47.1 Å². The second-order valence-corrected chi connectivity index (χ2v) is 12.2. The van der Waals surface area contributed by atoms with Crippen molar-refractivity contribution in [2.45, 2.75) is 70.8 Å². The molecular weight excluding hydrogens is 559 g/mol. The normalized spacial score (nSPS) is 19.6. The summed E-state index contributed by atoms with van der Waals surface area (Å²) in [7, 11) is 0. The fourth-order valence-electron chi connectivity index (χ4n) is 5.41. The molecule has 41 heavy (non-hydrogen) atoms. The predicted molar refractivity (Wildman–Crippen MR) is 151 cm³/mol. The molecule has 2 fully saturated rings. The minimum absolute atomic E-state index is 0.0104. The molecule has 224 valence electrons. The molecular formula is C29H37ClF3N5O3. The highest BCUT2D eigenvalue weighted by atomic mass is 35.5. The van der Waals surface area contributed by atoms with Crippen molar-refractivity contribution in [3.8, 4) is 0 Å². The lowest BCUT2D eigenvalue weighted by Crippen LogP contribution is -2.50. The Balaban J connectivity index is 1.30. The van der Waals surface area contributed by atoms with Crippen molar-refractivity contribution in [1.82, 2.24) is 14.9 Å². The number of halogens is 4. The monoisotopic (exact) mass is 595 g/mol. The number of carbonyl (C=O) groups is 2. The third-order valence-corrected chi connectivity index (χ3v) is 7.79. The van der Waals surface area contributed by atoms with Crippen molar-refractivity contribution < 1.29 is 27.5 Å². The molecule has 1 unspecified atom stereocenters. The zero-order valence-electron chi connectivity index (χ0n) is 23.6. The van der Waals surface area contributed by atoms with Gasteiger partial charge in [0.05, 0.1) is 11.3 Å². The first-order valence-corrected chi connectivity index (χ1v) is 14.4. The van der Waals surface area contributed by atoms with Crippen molar-refractivity contribution in [2.75, 3.05) is 36.4 Å². The van der Waals surface area contributed by atoms with Crippen LogP contribution in [-0.2, 0) is 4.74 Å². The van der Waals surface area contributed by atoms with E-state index in [0.717, 1.165) is 19.3 Å². The zero-order chi connectivity index (χ0) is 29.8. The zero-order valence-corrected chi connectivity index (χ0v) is 24.4. The first-order chi connectivity index (χ1) is 19.3. The van der Waals surface area contributed by atoms with E-state index in [2.05, 4.69) is 15.3 Å². The maximum atomic E-state index is 14.7. The maximum Gasteiger partial charge on any atom is 0.410 e. The molecule has 2 saturated heterocycles. The molecule has 2 aromatic rings. The highest BCUT2D eigenvalue weighted by molar-refractivity contribution is 6.29. The van der Waals surface area contributed by atoms with Gasteiger partial charge < -0.3 is 19.9 Å². The van der Waals surface area contributed by atoms with Crippen LogP contribution in [0.1, 0.15) is 69.7 Å².